The standard InChI is InChI=1S/C51H36N4O11.Mn/c1-64-49(61)26-6-4-25(5-7-26)44-33-14-16-35(52-33)45(27-8-11-30(48(59)60)41(56)22-27)37-18-19-39(54-37)47(29-10-13-32(43(58)24-29)51(63)66-3)40-21-20-38(55-40)46(36-17-15-34(44)53-36)28-9-12-31(42(57)23-28)50(62)65-2;/h4-24,52,55-58H,1-3H3,(H,59,60);/q;+2. The fourth-order valence-electron chi connectivity index (χ4n) is 8.12. The minimum atomic E-state index is -1.31. The Morgan fingerprint density at radius 2 is 0.746 bits per heavy atom. The number of carboxylic acid groups (broad SMARTS) is 1. The Morgan fingerprint density at radius 1 is 0.433 bits per heavy atom. The van der Waals surface area contributed by atoms with E-state index in [4.69, 9.17) is 24.2 Å². The van der Waals surface area contributed by atoms with Crippen LogP contribution in [0.5, 0.6) is 17.2 Å². The van der Waals surface area contributed by atoms with E-state index in [1.54, 1.807) is 60.7 Å². The van der Waals surface area contributed by atoms with E-state index < -0.39 is 29.6 Å². The van der Waals surface area contributed by atoms with Crippen LogP contribution in [0.2, 0.25) is 0 Å². The van der Waals surface area contributed by atoms with E-state index in [0.29, 0.717) is 94.9 Å². The van der Waals surface area contributed by atoms with E-state index in [0.717, 1.165) is 0 Å². The number of carbonyl (C=O) groups is 4. The van der Waals surface area contributed by atoms with Crippen LogP contribution in [0, 0.1) is 0 Å². The van der Waals surface area contributed by atoms with Crippen molar-refractivity contribution in [1.82, 2.24) is 19.9 Å². The molecule has 5 heterocycles. The number of carboxylic acids is 1. The van der Waals surface area contributed by atoms with E-state index in [-0.39, 0.29) is 45.3 Å². The molecule has 1 radical (unpaired) electrons. The molecule has 0 fully saturated rings. The number of phenolic OH excluding ortho intramolecular Hbond substituents is 2. The van der Waals surface area contributed by atoms with Gasteiger partial charge in [0.2, 0.25) is 0 Å². The molecule has 0 saturated heterocycles. The van der Waals surface area contributed by atoms with E-state index in [1.165, 1.54) is 57.7 Å². The molecule has 0 atom stereocenters. The fraction of sp³-hybridized carbons (Fsp3) is 0.0588. The Labute approximate surface area is 390 Å². The minimum Gasteiger partial charge on any atom is -0.507 e. The maximum atomic E-state index is 12.5. The summed E-state index contributed by atoms with van der Waals surface area (Å²) in [5, 5.41) is 43.0. The number of nitrogens with one attached hydrogen (secondary N) is 2. The molecule has 2 aliphatic heterocycles. The van der Waals surface area contributed by atoms with Gasteiger partial charge in [-0.05, 0) is 119 Å². The second kappa shape index (κ2) is 18.0. The van der Waals surface area contributed by atoms with E-state index in [9.17, 15) is 39.6 Å². The number of rotatable bonds is 8. The van der Waals surface area contributed by atoms with Crippen molar-refractivity contribution in [2.75, 3.05) is 21.3 Å². The SMILES string of the molecule is COC(=O)c1ccc(-c2c3nc(c(-c4ccc(C(=O)OC)c(O)c4)c4ccc([nH]4)c(-c4ccc(C(=O)OC)c(O)c4)c4nc(c(-c5ccc(C(=O)O)c(O)c5)c5ccc2[nH]5)C=C4)C=C3)cc1.[Mn+2]. The summed E-state index contributed by atoms with van der Waals surface area (Å²) >= 11 is 0. The van der Waals surface area contributed by atoms with Gasteiger partial charge < -0.3 is 44.6 Å². The summed E-state index contributed by atoms with van der Waals surface area (Å²) in [4.78, 5) is 66.8. The number of benzene rings is 4. The molecule has 0 unspecified atom stereocenters. The largest absolute Gasteiger partial charge is 2.00 e. The number of nitrogens with zero attached hydrogens (tertiary/aromatic N) is 2. The number of H-pyrrole nitrogens is 2. The number of esters is 3. The molecule has 4 aromatic carbocycles. The molecular formula is C51H36MnN4O11+2. The number of fused-ring (bicyclic) bond motifs is 8. The van der Waals surface area contributed by atoms with Crippen LogP contribution in [0.3, 0.4) is 0 Å². The Hall–Kier alpha value is -8.72. The van der Waals surface area contributed by atoms with Crippen molar-refractivity contribution < 1.29 is 70.9 Å². The average molecular weight is 936 g/mol. The molecule has 0 spiro atoms. The Balaban J connectivity index is 0.00000608. The molecule has 0 amide bonds. The van der Waals surface area contributed by atoms with Gasteiger partial charge in [-0.15, -0.1) is 0 Å². The van der Waals surface area contributed by atoms with Crippen LogP contribution in [-0.2, 0) is 31.3 Å². The van der Waals surface area contributed by atoms with E-state index in [2.05, 4.69) is 9.97 Å². The number of ether oxygens (including phenoxy) is 3. The van der Waals surface area contributed by atoms with Gasteiger partial charge in [0.25, 0.3) is 0 Å². The Kier molecular flexibility index (Phi) is 12.1. The third kappa shape index (κ3) is 8.18. The van der Waals surface area contributed by atoms with Gasteiger partial charge in [0, 0.05) is 44.3 Å². The maximum Gasteiger partial charge on any atom is 2.00 e. The molecule has 15 nitrogen and oxygen atoms in total. The number of aromatic nitrogens is 4. The normalized spacial score (nSPS) is 11.4. The molecule has 67 heavy (non-hydrogen) atoms. The monoisotopic (exact) mass is 935 g/mol. The third-order valence-electron chi connectivity index (χ3n) is 11.2. The Bertz CT molecular complexity index is 3460. The third-order valence-corrected chi connectivity index (χ3v) is 11.2. The van der Waals surface area contributed by atoms with Gasteiger partial charge in [0.15, 0.2) is 0 Å². The smallest absolute Gasteiger partial charge is 0.507 e. The average Bonchev–Trinajstić information content (AvgIpc) is 4.17. The molecule has 6 N–H and O–H groups in total. The molecule has 9 rings (SSSR count). The van der Waals surface area contributed by atoms with Crippen LogP contribution >= 0.6 is 0 Å². The minimum absolute atomic E-state index is 0. The quantitative estimate of drug-likeness (QED) is 0.0474. The Morgan fingerprint density at radius 3 is 1.06 bits per heavy atom. The summed E-state index contributed by atoms with van der Waals surface area (Å²) < 4.78 is 14.7. The summed E-state index contributed by atoms with van der Waals surface area (Å²) in [6.45, 7) is 0. The molecule has 3 aromatic heterocycles. The van der Waals surface area contributed by atoms with Gasteiger partial charge in [-0.25, -0.2) is 29.1 Å². The summed E-state index contributed by atoms with van der Waals surface area (Å²) in [6, 6.07) is 27.4. The zero-order valence-corrected chi connectivity index (χ0v) is 36.7. The first-order chi connectivity index (χ1) is 31.9. The van der Waals surface area contributed by atoms with E-state index >= 15 is 0 Å². The predicted molar refractivity (Wildman–Crippen MR) is 247 cm³/mol. The number of aromatic amines is 2. The van der Waals surface area contributed by atoms with Gasteiger partial charge in [0.1, 0.15) is 33.9 Å². The second-order valence-corrected chi connectivity index (χ2v) is 15.1. The molecule has 331 valence electrons. The zero-order valence-electron chi connectivity index (χ0n) is 35.5. The number of aromatic carboxylic acids is 1. The predicted octanol–water partition coefficient (Wildman–Crippen LogP) is 9.50. The van der Waals surface area contributed by atoms with Crippen molar-refractivity contribution in [2.24, 2.45) is 0 Å². The summed E-state index contributed by atoms with van der Waals surface area (Å²) in [6.07, 6.45) is 7.17. The van der Waals surface area contributed by atoms with Gasteiger partial charge in [-0.2, -0.15) is 0 Å². The first kappa shape index (κ1) is 44.9. The molecule has 7 aromatic rings. The van der Waals surface area contributed by atoms with Crippen molar-refractivity contribution in [3.63, 3.8) is 0 Å². The van der Waals surface area contributed by atoms with Crippen LogP contribution in [0.25, 0.3) is 90.9 Å². The van der Waals surface area contributed by atoms with Crippen molar-refractivity contribution in [3.05, 3.63) is 148 Å². The molecule has 0 aliphatic carbocycles. The molecule has 0 saturated carbocycles. The second-order valence-electron chi connectivity index (χ2n) is 15.1. The van der Waals surface area contributed by atoms with Crippen molar-refractivity contribution in [1.29, 1.82) is 0 Å². The van der Waals surface area contributed by atoms with Crippen LogP contribution in [0.1, 0.15) is 64.2 Å². The van der Waals surface area contributed by atoms with Crippen molar-refractivity contribution >= 4 is 70.2 Å². The van der Waals surface area contributed by atoms with Crippen molar-refractivity contribution in [2.45, 2.75) is 0 Å². The number of phenols is 3. The fourth-order valence-corrected chi connectivity index (χ4v) is 8.12. The summed E-state index contributed by atoms with van der Waals surface area (Å²) in [5.74, 6) is -4.41. The first-order valence-corrected chi connectivity index (χ1v) is 20.1. The van der Waals surface area contributed by atoms with Crippen LogP contribution in [0.15, 0.2) is 103 Å². The van der Waals surface area contributed by atoms with Crippen LogP contribution in [0.4, 0.5) is 0 Å². The van der Waals surface area contributed by atoms with Gasteiger partial charge >= 0.3 is 40.9 Å². The molecule has 2 aliphatic rings. The number of hydrogen-bond acceptors (Lipinski definition) is 12. The van der Waals surface area contributed by atoms with Gasteiger partial charge in [-0.1, -0.05) is 30.3 Å². The first-order valence-electron chi connectivity index (χ1n) is 20.1. The molecule has 8 bridgehead atoms. The number of carbonyl (C=O) groups excluding carboxylic acids is 3. The topological polar surface area (TPSA) is 234 Å². The zero-order chi connectivity index (χ0) is 46.4. The van der Waals surface area contributed by atoms with Crippen molar-refractivity contribution in [3.8, 4) is 61.8 Å². The van der Waals surface area contributed by atoms with E-state index in [1.807, 2.05) is 30.4 Å². The van der Waals surface area contributed by atoms with Gasteiger partial charge in [0.05, 0.1) is 49.7 Å². The number of hydrogen-bond donors (Lipinski definition) is 6. The summed E-state index contributed by atoms with van der Waals surface area (Å²) in [5.41, 5.74) is 8.06. The van der Waals surface area contributed by atoms with Crippen LogP contribution in [-0.4, -0.2) is 85.6 Å². The number of methoxy groups -OCH3 is 3. The molecular weight excluding hydrogens is 900 g/mol. The van der Waals surface area contributed by atoms with Gasteiger partial charge in [-0.3, -0.25) is 0 Å². The van der Waals surface area contributed by atoms with Crippen LogP contribution < -0.4 is 0 Å². The summed E-state index contributed by atoms with van der Waals surface area (Å²) in [7, 11) is 3.73. The number of aromatic hydroxyl groups is 3. The maximum absolute atomic E-state index is 12.5. The molecule has 16 heteroatoms.